The van der Waals surface area contributed by atoms with E-state index < -0.39 is 17.3 Å². The first-order valence-corrected chi connectivity index (χ1v) is 6.54. The second-order valence-corrected chi connectivity index (χ2v) is 4.38. The van der Waals surface area contributed by atoms with Crippen LogP contribution in [0.4, 0.5) is 4.39 Å². The van der Waals surface area contributed by atoms with Gasteiger partial charge in [-0.15, -0.1) is 11.8 Å². The van der Waals surface area contributed by atoms with Gasteiger partial charge >= 0.3 is 5.97 Å². The van der Waals surface area contributed by atoms with Crippen molar-refractivity contribution in [2.24, 2.45) is 0 Å². The fraction of sp³-hybridized carbons (Fsp3) is 0.0769. The fourth-order valence-electron chi connectivity index (χ4n) is 1.47. The van der Waals surface area contributed by atoms with Crippen molar-refractivity contribution in [3.8, 4) is 11.6 Å². The number of aromatic nitrogens is 1. The Labute approximate surface area is 113 Å². The van der Waals surface area contributed by atoms with E-state index in [9.17, 15) is 9.18 Å². The number of aromatic carboxylic acids is 1. The number of benzene rings is 1. The van der Waals surface area contributed by atoms with Gasteiger partial charge in [0, 0.05) is 11.1 Å². The number of carboxylic acids is 1. The minimum Gasteiger partial charge on any atom is -0.478 e. The molecule has 1 heterocycles. The molecule has 0 atom stereocenters. The van der Waals surface area contributed by atoms with Gasteiger partial charge in [-0.05, 0) is 24.5 Å². The average molecular weight is 279 g/mol. The lowest BCUT2D eigenvalue weighted by Crippen LogP contribution is -2.03. The highest BCUT2D eigenvalue weighted by Crippen LogP contribution is 2.31. The van der Waals surface area contributed by atoms with Crippen LogP contribution in [-0.2, 0) is 0 Å². The Morgan fingerprint density at radius 3 is 2.79 bits per heavy atom. The third-order valence-electron chi connectivity index (χ3n) is 2.36. The van der Waals surface area contributed by atoms with Crippen molar-refractivity contribution in [2.45, 2.75) is 4.90 Å². The minimum absolute atomic E-state index is 0.346. The molecule has 19 heavy (non-hydrogen) atoms. The van der Waals surface area contributed by atoms with Gasteiger partial charge < -0.3 is 9.84 Å². The number of halogens is 1. The molecule has 1 N–H and O–H groups in total. The largest absolute Gasteiger partial charge is 0.478 e. The summed E-state index contributed by atoms with van der Waals surface area (Å²) in [6.07, 6.45) is 3.06. The molecule has 6 heteroatoms. The summed E-state index contributed by atoms with van der Waals surface area (Å²) in [6, 6.07) is 8.15. The Morgan fingerprint density at radius 2 is 2.11 bits per heavy atom. The summed E-state index contributed by atoms with van der Waals surface area (Å²) in [4.78, 5) is 15.4. The summed E-state index contributed by atoms with van der Waals surface area (Å²) in [5, 5.41) is 8.83. The van der Waals surface area contributed by atoms with E-state index in [2.05, 4.69) is 4.98 Å². The predicted molar refractivity (Wildman–Crippen MR) is 69.5 cm³/mol. The molecule has 0 unspecified atom stereocenters. The second kappa shape index (κ2) is 5.71. The van der Waals surface area contributed by atoms with E-state index in [1.807, 2.05) is 18.4 Å². The van der Waals surface area contributed by atoms with Crippen LogP contribution < -0.4 is 4.74 Å². The van der Waals surface area contributed by atoms with E-state index >= 15 is 0 Å². The molecule has 0 aliphatic heterocycles. The maximum Gasteiger partial charge on any atom is 0.338 e. The Kier molecular flexibility index (Phi) is 4.01. The summed E-state index contributed by atoms with van der Waals surface area (Å²) < 4.78 is 19.2. The summed E-state index contributed by atoms with van der Waals surface area (Å²) in [5.41, 5.74) is -0.466. The molecule has 2 aromatic rings. The van der Waals surface area contributed by atoms with Crippen LogP contribution in [0.2, 0.25) is 0 Å². The van der Waals surface area contributed by atoms with Crippen molar-refractivity contribution < 1.29 is 19.0 Å². The molecule has 2 rings (SSSR count). The van der Waals surface area contributed by atoms with Gasteiger partial charge in [0.05, 0.1) is 0 Å². The lowest BCUT2D eigenvalue weighted by Gasteiger charge is -2.09. The van der Waals surface area contributed by atoms with E-state index in [0.717, 1.165) is 11.0 Å². The Morgan fingerprint density at radius 1 is 1.37 bits per heavy atom. The van der Waals surface area contributed by atoms with E-state index in [4.69, 9.17) is 9.84 Å². The number of carbonyl (C=O) groups is 1. The minimum atomic E-state index is -1.36. The van der Waals surface area contributed by atoms with Crippen LogP contribution in [0.1, 0.15) is 10.4 Å². The highest BCUT2D eigenvalue weighted by Gasteiger charge is 2.17. The number of para-hydroxylation sites is 1. The molecular formula is C13H10FNO3S. The van der Waals surface area contributed by atoms with Crippen LogP contribution >= 0.6 is 11.8 Å². The van der Waals surface area contributed by atoms with Gasteiger partial charge in [-0.25, -0.2) is 14.2 Å². The van der Waals surface area contributed by atoms with Gasteiger partial charge in [-0.3, -0.25) is 0 Å². The summed E-state index contributed by atoms with van der Waals surface area (Å²) in [5.74, 6) is -2.25. The zero-order valence-electron chi connectivity index (χ0n) is 9.96. The van der Waals surface area contributed by atoms with Gasteiger partial charge in [0.1, 0.15) is 11.3 Å². The van der Waals surface area contributed by atoms with Crippen molar-refractivity contribution in [3.05, 3.63) is 47.9 Å². The van der Waals surface area contributed by atoms with Gasteiger partial charge in [0.15, 0.2) is 5.82 Å². The number of hydrogen-bond acceptors (Lipinski definition) is 4. The molecule has 0 aliphatic rings. The lowest BCUT2D eigenvalue weighted by atomic mass is 10.2. The van der Waals surface area contributed by atoms with Crippen molar-refractivity contribution in [1.29, 1.82) is 0 Å². The molecule has 0 radical (unpaired) electrons. The predicted octanol–water partition coefficient (Wildman–Crippen LogP) is 3.43. The quantitative estimate of drug-likeness (QED) is 0.869. The molecule has 0 saturated heterocycles. The van der Waals surface area contributed by atoms with Crippen LogP contribution in [0.15, 0.2) is 41.4 Å². The van der Waals surface area contributed by atoms with Crippen LogP contribution in [0.5, 0.6) is 11.6 Å². The average Bonchev–Trinajstić information content (AvgIpc) is 2.41. The third-order valence-corrected chi connectivity index (χ3v) is 3.14. The Balaban J connectivity index is 2.39. The molecular weight excluding hydrogens is 269 g/mol. The number of ether oxygens (including phenoxy) is 1. The molecule has 0 amide bonds. The van der Waals surface area contributed by atoms with Crippen molar-refractivity contribution in [2.75, 3.05) is 6.26 Å². The normalized spacial score (nSPS) is 10.2. The molecule has 0 saturated carbocycles. The topological polar surface area (TPSA) is 59.4 Å². The van der Waals surface area contributed by atoms with Crippen LogP contribution in [-0.4, -0.2) is 22.3 Å². The van der Waals surface area contributed by atoms with E-state index in [0.29, 0.717) is 5.75 Å². The number of nitrogens with zero attached hydrogens (tertiary/aromatic N) is 1. The number of rotatable bonds is 4. The van der Waals surface area contributed by atoms with Gasteiger partial charge in [-0.1, -0.05) is 12.1 Å². The highest BCUT2D eigenvalue weighted by atomic mass is 32.2. The molecule has 0 fully saturated rings. The molecule has 0 spiro atoms. The van der Waals surface area contributed by atoms with E-state index in [-0.39, 0.29) is 5.88 Å². The summed E-state index contributed by atoms with van der Waals surface area (Å²) in [6.45, 7) is 0. The standard InChI is InChI=1S/C13H10FNO3S/c1-19-10-5-3-2-4-9(10)18-12-11(14)8(13(16)17)6-7-15-12/h2-7H,1H3,(H,16,17). The van der Waals surface area contributed by atoms with Crippen molar-refractivity contribution in [1.82, 2.24) is 4.98 Å². The van der Waals surface area contributed by atoms with E-state index in [1.54, 1.807) is 12.1 Å². The first-order valence-electron chi connectivity index (χ1n) is 5.32. The third kappa shape index (κ3) is 2.85. The van der Waals surface area contributed by atoms with Gasteiger partial charge in [0.2, 0.25) is 0 Å². The molecule has 4 nitrogen and oxygen atoms in total. The first-order chi connectivity index (χ1) is 9.13. The monoisotopic (exact) mass is 279 g/mol. The van der Waals surface area contributed by atoms with Gasteiger partial charge in [0.25, 0.3) is 5.88 Å². The number of carboxylic acid groups (broad SMARTS) is 1. The van der Waals surface area contributed by atoms with Crippen molar-refractivity contribution in [3.63, 3.8) is 0 Å². The SMILES string of the molecule is CSc1ccccc1Oc1nccc(C(=O)O)c1F. The summed E-state index contributed by atoms with van der Waals surface area (Å²) >= 11 is 1.44. The number of hydrogen-bond donors (Lipinski definition) is 1. The number of pyridine rings is 1. The highest BCUT2D eigenvalue weighted by molar-refractivity contribution is 7.98. The zero-order valence-corrected chi connectivity index (χ0v) is 10.8. The van der Waals surface area contributed by atoms with Crippen LogP contribution in [0.3, 0.4) is 0 Å². The molecule has 0 aliphatic carbocycles. The van der Waals surface area contributed by atoms with Crippen LogP contribution in [0, 0.1) is 5.82 Å². The van der Waals surface area contributed by atoms with Crippen molar-refractivity contribution >= 4 is 17.7 Å². The fourth-order valence-corrected chi connectivity index (χ4v) is 1.99. The molecule has 1 aromatic heterocycles. The maximum atomic E-state index is 13.9. The van der Waals surface area contributed by atoms with Crippen LogP contribution in [0.25, 0.3) is 0 Å². The molecule has 0 bridgehead atoms. The maximum absolute atomic E-state index is 13.9. The molecule has 98 valence electrons. The number of thioether (sulfide) groups is 1. The summed E-state index contributed by atoms with van der Waals surface area (Å²) in [7, 11) is 0. The lowest BCUT2D eigenvalue weighted by molar-refractivity contribution is 0.0690. The van der Waals surface area contributed by atoms with Gasteiger partial charge in [-0.2, -0.15) is 0 Å². The Bertz CT molecular complexity index is 619. The van der Waals surface area contributed by atoms with E-state index in [1.165, 1.54) is 18.0 Å². The first kappa shape index (κ1) is 13.4. The second-order valence-electron chi connectivity index (χ2n) is 3.54. The molecule has 1 aromatic carbocycles. The smallest absolute Gasteiger partial charge is 0.338 e. The zero-order chi connectivity index (χ0) is 13.8. The Hall–Kier alpha value is -2.08.